The molecule has 37 heteroatoms. The van der Waals surface area contributed by atoms with Crippen molar-refractivity contribution in [2.24, 2.45) is 0 Å². The number of carbonyl (C=O) groups is 4. The summed E-state index contributed by atoms with van der Waals surface area (Å²) < 4.78 is 114. The van der Waals surface area contributed by atoms with Gasteiger partial charge >= 0.3 is 115 Å². The number of imidazole rings is 3. The van der Waals surface area contributed by atoms with E-state index in [1.165, 1.54) is 37.3 Å². The summed E-state index contributed by atoms with van der Waals surface area (Å²) in [5.41, 5.74) is 10.4. The summed E-state index contributed by atoms with van der Waals surface area (Å²) >= 11 is 16.3. The van der Waals surface area contributed by atoms with Gasteiger partial charge in [-0.2, -0.15) is 0 Å². The van der Waals surface area contributed by atoms with Gasteiger partial charge in [0, 0.05) is 123 Å². The third-order valence-electron chi connectivity index (χ3n) is 15.0. The number of hydrogen-bond donors (Lipinski definition) is 8. The molecule has 0 radical (unpaired) electrons. The first-order valence-corrected chi connectivity index (χ1v) is 37.0. The minimum Gasteiger partial charge on any atom is -1.00 e. The summed E-state index contributed by atoms with van der Waals surface area (Å²) in [6, 6.07) is 16.5. The van der Waals surface area contributed by atoms with E-state index >= 15 is 0 Å². The molecular weight excluding hydrogens is 1810 g/mol. The van der Waals surface area contributed by atoms with Gasteiger partial charge in [0.2, 0.25) is 0 Å². The first-order chi connectivity index (χ1) is 50.4. The third-order valence-corrected chi connectivity index (χ3v) is 17.3. The van der Waals surface area contributed by atoms with Crippen molar-refractivity contribution < 1.29 is 206 Å². The number of ketones is 1. The number of fused-ring (bicyclic) bond motifs is 3. The summed E-state index contributed by atoms with van der Waals surface area (Å²) in [6.07, 6.45) is 0.145. The van der Waals surface area contributed by atoms with Crippen molar-refractivity contribution >= 4 is 154 Å². The molecule has 0 spiro atoms. The molecule has 0 saturated carbocycles. The number of carboxylic acids is 1. The second-order valence-corrected chi connectivity index (χ2v) is 29.3. The Morgan fingerprint density at radius 2 is 1.00 bits per heavy atom. The first kappa shape index (κ1) is 101. The Morgan fingerprint density at radius 1 is 0.639 bits per heavy atom. The zero-order valence-electron chi connectivity index (χ0n) is 64.3. The molecule has 0 aliphatic carbocycles. The molecule has 5 atom stereocenters. The summed E-state index contributed by atoms with van der Waals surface area (Å²) in [5, 5.41) is 59.0. The van der Waals surface area contributed by atoms with Gasteiger partial charge in [0.05, 0.1) is 62.9 Å². The average molecular weight is 1900 g/mol. The molecule has 24 nitrogen and oxygen atoms in total. The normalized spacial score (nSPS) is 15.0. The number of carboxylic acid groups (broad SMARTS) is 1. The number of benzene rings is 5. The number of aliphatic carboxylic acids is 1. The van der Waals surface area contributed by atoms with Crippen molar-refractivity contribution in [2.75, 3.05) is 63.7 Å². The minimum absolute atomic E-state index is 0. The minimum atomic E-state index is -1.00. The molecule has 0 bridgehead atoms. The van der Waals surface area contributed by atoms with Crippen LogP contribution in [-0.2, 0) is 49.4 Å². The van der Waals surface area contributed by atoms with Crippen LogP contribution in [0, 0.1) is 29.1 Å². The maximum absolute atomic E-state index is 14.1. The largest absolute Gasteiger partial charge is 1.00 e. The first-order valence-electron chi connectivity index (χ1n) is 33.7. The maximum atomic E-state index is 14.1. The van der Waals surface area contributed by atoms with Crippen LogP contribution in [0.3, 0.4) is 0 Å². The molecule has 3 fully saturated rings. The summed E-state index contributed by atoms with van der Waals surface area (Å²) in [4.78, 5) is 56.7. The van der Waals surface area contributed by atoms with E-state index in [-0.39, 0.29) is 220 Å². The fourth-order valence-corrected chi connectivity index (χ4v) is 12.4. The van der Waals surface area contributed by atoms with E-state index in [1.54, 1.807) is 33.4 Å². The molecule has 0 amide bonds. The molecule has 3 aromatic heterocycles. The van der Waals surface area contributed by atoms with Crippen LogP contribution in [0.1, 0.15) is 171 Å². The van der Waals surface area contributed by atoms with Gasteiger partial charge in [-0.25, -0.2) is 41.7 Å². The summed E-state index contributed by atoms with van der Waals surface area (Å²) in [7, 11) is 0. The quantitative estimate of drug-likeness (QED) is 0.00670. The number of ether oxygens (including phenoxy) is 4. The molecule has 3 aliphatic rings. The van der Waals surface area contributed by atoms with E-state index in [4.69, 9.17) is 46.7 Å². The molecule has 9 N–H and O–H groups in total. The van der Waals surface area contributed by atoms with Gasteiger partial charge in [-0.15, -0.1) is 0 Å². The third kappa shape index (κ3) is 31.3. The SMILES string of the molecule is CC(=O)OCCC(O)c1nc2c(F)cc(Br)cc2n1C(C)C.CC(C)Nc1cc(Br)cc(F)c1CC(=O)C1CCO1.CC(C)Nc1cc(Br)cc(F)c1N.CC(C)n1c(C(O)CCO)nc2c(F)cc(Br)cc21.CC(C)n1c(C2CCO2)nc2c(F)cc(Br)cc21.CO.O=C(O)C1CCO1.O=CO[O-].[2H]CF.[H-].[K+].[K+]. The molecule has 6 heterocycles. The number of alkyl halides is 1. The van der Waals surface area contributed by atoms with Gasteiger partial charge in [0.25, 0.3) is 6.47 Å². The molecule has 108 heavy (non-hydrogen) atoms. The van der Waals surface area contributed by atoms with Crippen molar-refractivity contribution in [3.63, 3.8) is 0 Å². The van der Waals surface area contributed by atoms with Gasteiger partial charge in [-0.3, -0.25) is 18.8 Å². The number of aromatic nitrogens is 6. The zero-order valence-corrected chi connectivity index (χ0v) is 76.5. The number of hydrogen-bond acceptors (Lipinski definition) is 20. The molecule has 11 rings (SSSR count). The molecule has 5 unspecified atom stereocenters. The Morgan fingerprint density at radius 3 is 1.34 bits per heavy atom. The van der Waals surface area contributed by atoms with Crippen molar-refractivity contribution in [1.82, 2.24) is 28.7 Å². The number of halogens is 11. The Bertz CT molecular complexity index is 4190. The number of nitrogen functional groups attached to an aromatic ring is 1. The fraction of sp³-hybridized carbons (Fsp3) is 0.479. The molecule has 3 aliphatic heterocycles. The Balaban J connectivity index is 0.00000128. The van der Waals surface area contributed by atoms with Crippen LogP contribution in [0.15, 0.2) is 83.0 Å². The van der Waals surface area contributed by atoms with Crippen LogP contribution >= 0.6 is 79.6 Å². The van der Waals surface area contributed by atoms with Crippen LogP contribution in [0.2, 0.25) is 0 Å². The number of aliphatic hydroxyl groups excluding tert-OH is 4. The van der Waals surface area contributed by atoms with Crippen molar-refractivity contribution in [1.29, 1.82) is 0 Å². The average Bonchev–Trinajstić information content (AvgIpc) is 1.63. The van der Waals surface area contributed by atoms with Crippen molar-refractivity contribution in [3.8, 4) is 0 Å². The molecule has 590 valence electrons. The number of nitrogens with two attached hydrogens (primary N) is 1. The van der Waals surface area contributed by atoms with E-state index < -0.39 is 54.9 Å². The van der Waals surface area contributed by atoms with Gasteiger partial charge in [-0.05, 0) is 130 Å². The molecule has 8 aromatic rings. The van der Waals surface area contributed by atoms with Crippen molar-refractivity contribution in [3.05, 3.63) is 135 Å². The molecular formula is C71H92Br5F6K2N9O15. The standard InChI is InChI=1S/C15H18BrFN2O3.C14H17BrFNO2.C13H16BrFN2O2.C13H14BrFN2O.C9H12BrFN2.C4H6O3.CH3F.CH2O3.CH4O.2K.H/c1-8(2)19-12-7-10(16)6-11(17)14(12)18-15(19)13(21)4-5-22-9(3)20;1-8(2)17-12-6-9(15)5-11(16)10(12)7-13(18)14-3-4-19-14;1-7(2)17-10-6-8(14)5-9(15)12(10)16-13(17)11(19)3-4-18;1-7(2)17-10-6-8(14)5-9(15)12(10)16-13(17)11-3-4-18-11;1-5(2)13-8-4-6(10)3-7(11)9(8)12;5-4(6)3-1-2-7-3;1-2;2-1-4-3;1-2;;;/h6-8,13,21H,4-5H2,1-3H3;5-6,8,14,17H,3-4,7H2,1-2H3;5-7,11,18-19H,3-4H2,1-2H3;5-7,11H,3-4H2,1-2H3;3-5,13H,12H2,1-2H3;3H,1-2H2,(H,5,6);1H3;1,3H;2H,1H3;;;/q;;;;;;;;;2*+1;-1/p-1/i;;;;;;1D;;;;;. The number of Topliss-reactive ketones (excluding diaryl/α,β-unsaturated/α-hetero) is 1. The summed E-state index contributed by atoms with van der Waals surface area (Å²) in [6.45, 7) is 22.8. The summed E-state index contributed by atoms with van der Waals surface area (Å²) in [5.74, 6) is -1.65. The Kier molecular flexibility index (Phi) is 48.3. The smallest absolute Gasteiger partial charge is 1.00 e. The Hall–Kier alpha value is -3.08. The van der Waals surface area contributed by atoms with Gasteiger partial charge < -0.3 is 86.1 Å². The van der Waals surface area contributed by atoms with Crippen molar-refractivity contribution in [2.45, 2.75) is 175 Å². The number of aliphatic hydroxyl groups is 4. The van der Waals surface area contributed by atoms with E-state index in [0.29, 0.717) is 82.7 Å². The van der Waals surface area contributed by atoms with Crippen LogP contribution < -0.4 is 124 Å². The number of carbonyl (C=O) groups excluding carboxylic acids is 3. The zero-order chi connectivity index (χ0) is 80.9. The number of nitrogens with one attached hydrogen (secondary N) is 2. The van der Waals surface area contributed by atoms with Gasteiger partial charge in [0.1, 0.15) is 70.1 Å². The number of anilines is 3. The molecule has 5 aromatic carbocycles. The maximum Gasteiger partial charge on any atom is 1.00 e. The number of esters is 1. The van der Waals surface area contributed by atoms with E-state index in [2.05, 4.69) is 133 Å². The van der Waals surface area contributed by atoms with E-state index in [9.17, 15) is 50.9 Å². The topological polar surface area (TPSA) is 342 Å². The second kappa shape index (κ2) is 51.7. The van der Waals surface area contributed by atoms with Crippen LogP contribution in [-0.4, -0.2) is 150 Å². The van der Waals surface area contributed by atoms with E-state index in [1.807, 2.05) is 61.5 Å². The van der Waals surface area contributed by atoms with Crippen LogP contribution in [0.4, 0.5) is 43.4 Å². The van der Waals surface area contributed by atoms with E-state index in [0.717, 1.165) is 42.4 Å². The fourth-order valence-electron chi connectivity index (χ4n) is 10.3. The number of rotatable bonds is 20. The predicted molar refractivity (Wildman–Crippen MR) is 408 cm³/mol. The van der Waals surface area contributed by atoms with Crippen LogP contribution in [0.25, 0.3) is 33.1 Å². The van der Waals surface area contributed by atoms with Gasteiger partial charge in [-0.1, -0.05) is 79.6 Å². The molecule has 3 saturated heterocycles. The number of nitrogens with zero attached hydrogens (tertiary/aromatic N) is 6. The predicted octanol–water partition coefficient (Wildman–Crippen LogP) is 9.33. The Labute approximate surface area is 753 Å². The van der Waals surface area contributed by atoms with Gasteiger partial charge in [0.15, 0.2) is 29.3 Å². The van der Waals surface area contributed by atoms with Crippen LogP contribution in [0.5, 0.6) is 0 Å². The monoisotopic (exact) mass is 1900 g/mol. The second-order valence-electron chi connectivity index (χ2n) is 24.7.